The van der Waals surface area contributed by atoms with E-state index in [0.717, 1.165) is 6.26 Å². The van der Waals surface area contributed by atoms with Gasteiger partial charge in [-0.15, -0.1) is 0 Å². The summed E-state index contributed by atoms with van der Waals surface area (Å²) in [6.45, 7) is 1.67. The van der Waals surface area contributed by atoms with Crippen molar-refractivity contribution in [1.29, 1.82) is 0 Å². The molecule has 18 heavy (non-hydrogen) atoms. The van der Waals surface area contributed by atoms with E-state index in [4.69, 9.17) is 5.73 Å². The standard InChI is InChI=1S/C11H13N3O3S/c1-7-10(12)13-14(11(7)15)8-3-5-9(6-4-8)18(2,16)17/h3-7H,1-2H3,(H2,12,13)/t7-/m1/s1. The molecule has 1 aliphatic rings. The van der Waals surface area contributed by atoms with Crippen LogP contribution in [0.3, 0.4) is 0 Å². The van der Waals surface area contributed by atoms with Gasteiger partial charge in [0.25, 0.3) is 5.91 Å². The second-order valence-corrected chi connectivity index (χ2v) is 6.18. The molecule has 1 heterocycles. The molecule has 7 heteroatoms. The van der Waals surface area contributed by atoms with Gasteiger partial charge in [-0.3, -0.25) is 4.79 Å². The van der Waals surface area contributed by atoms with Gasteiger partial charge in [0.2, 0.25) is 0 Å². The number of sulfone groups is 1. The summed E-state index contributed by atoms with van der Waals surface area (Å²) in [7, 11) is -3.24. The van der Waals surface area contributed by atoms with Gasteiger partial charge in [-0.05, 0) is 31.2 Å². The predicted molar refractivity (Wildman–Crippen MR) is 67.8 cm³/mol. The number of carbonyl (C=O) groups is 1. The molecule has 1 aromatic rings. The van der Waals surface area contributed by atoms with E-state index in [2.05, 4.69) is 5.10 Å². The Hall–Kier alpha value is -1.89. The van der Waals surface area contributed by atoms with Gasteiger partial charge in [0.1, 0.15) is 5.84 Å². The Bertz CT molecular complexity index is 619. The SMILES string of the molecule is C[C@H]1C(=O)N(c2ccc(S(C)(=O)=O)cc2)N=C1N. The summed E-state index contributed by atoms with van der Waals surface area (Å²) in [6, 6.07) is 5.94. The average molecular weight is 267 g/mol. The number of carbonyl (C=O) groups excluding carboxylic acids is 1. The van der Waals surface area contributed by atoms with Crippen molar-refractivity contribution in [3.05, 3.63) is 24.3 Å². The highest BCUT2D eigenvalue weighted by atomic mass is 32.2. The molecule has 1 atom stereocenters. The van der Waals surface area contributed by atoms with Crippen LogP contribution in [-0.2, 0) is 14.6 Å². The molecule has 0 bridgehead atoms. The molecule has 1 aromatic carbocycles. The van der Waals surface area contributed by atoms with Gasteiger partial charge < -0.3 is 5.73 Å². The van der Waals surface area contributed by atoms with Crippen LogP contribution < -0.4 is 10.7 Å². The monoisotopic (exact) mass is 267 g/mol. The first-order valence-corrected chi connectivity index (χ1v) is 7.18. The summed E-state index contributed by atoms with van der Waals surface area (Å²) in [6.07, 6.45) is 1.13. The Morgan fingerprint density at radius 1 is 1.28 bits per heavy atom. The number of amidine groups is 1. The maximum absolute atomic E-state index is 11.8. The smallest absolute Gasteiger partial charge is 0.257 e. The molecule has 0 fully saturated rings. The third kappa shape index (κ3) is 2.08. The minimum absolute atomic E-state index is 0.197. The number of hydrazone groups is 1. The van der Waals surface area contributed by atoms with Crippen LogP contribution >= 0.6 is 0 Å². The lowest BCUT2D eigenvalue weighted by atomic mass is 10.1. The molecule has 2 rings (SSSR count). The molecule has 0 aromatic heterocycles. The molecule has 0 spiro atoms. The van der Waals surface area contributed by atoms with Crippen molar-refractivity contribution >= 4 is 27.3 Å². The van der Waals surface area contributed by atoms with Crippen LogP contribution in [0.15, 0.2) is 34.3 Å². The lowest BCUT2D eigenvalue weighted by molar-refractivity contribution is -0.119. The normalized spacial score (nSPS) is 20.1. The van der Waals surface area contributed by atoms with E-state index in [1.807, 2.05) is 0 Å². The summed E-state index contributed by atoms with van der Waals surface area (Å²) in [4.78, 5) is 12.0. The second kappa shape index (κ2) is 4.09. The van der Waals surface area contributed by atoms with Gasteiger partial charge in [0.05, 0.1) is 16.5 Å². The van der Waals surface area contributed by atoms with Gasteiger partial charge in [-0.25, -0.2) is 8.42 Å². The van der Waals surface area contributed by atoms with Gasteiger partial charge in [-0.2, -0.15) is 10.1 Å². The molecule has 0 aliphatic carbocycles. The van der Waals surface area contributed by atoms with Crippen LogP contribution in [0, 0.1) is 5.92 Å². The van der Waals surface area contributed by atoms with Gasteiger partial charge in [0, 0.05) is 6.26 Å². The maximum Gasteiger partial charge on any atom is 0.257 e. The fourth-order valence-corrected chi connectivity index (χ4v) is 2.21. The number of hydrogen-bond donors (Lipinski definition) is 1. The number of rotatable bonds is 2. The van der Waals surface area contributed by atoms with Crippen LogP contribution in [0.2, 0.25) is 0 Å². The Labute approximate surface area is 105 Å². The van der Waals surface area contributed by atoms with Crippen LogP contribution in [0.4, 0.5) is 5.69 Å². The van der Waals surface area contributed by atoms with Gasteiger partial charge in [0.15, 0.2) is 9.84 Å². The molecular formula is C11H13N3O3S. The van der Waals surface area contributed by atoms with Gasteiger partial charge in [-0.1, -0.05) is 0 Å². The number of hydrogen-bond acceptors (Lipinski definition) is 5. The van der Waals surface area contributed by atoms with Crippen molar-refractivity contribution in [1.82, 2.24) is 0 Å². The van der Waals surface area contributed by atoms with Crippen molar-refractivity contribution in [3.63, 3.8) is 0 Å². The molecule has 0 unspecified atom stereocenters. The first kappa shape index (κ1) is 12.6. The second-order valence-electron chi connectivity index (χ2n) is 4.16. The number of benzene rings is 1. The van der Waals surface area contributed by atoms with E-state index >= 15 is 0 Å². The van der Waals surface area contributed by atoms with Crippen LogP contribution in [0.5, 0.6) is 0 Å². The molecule has 96 valence electrons. The molecule has 6 nitrogen and oxygen atoms in total. The van der Waals surface area contributed by atoms with Crippen molar-refractivity contribution in [3.8, 4) is 0 Å². The topological polar surface area (TPSA) is 92.8 Å². The highest BCUT2D eigenvalue weighted by molar-refractivity contribution is 7.90. The van der Waals surface area contributed by atoms with E-state index in [1.165, 1.54) is 29.3 Å². The Morgan fingerprint density at radius 3 is 2.22 bits per heavy atom. The first-order chi connectivity index (χ1) is 8.30. The number of nitrogens with zero attached hydrogens (tertiary/aromatic N) is 2. The van der Waals surface area contributed by atoms with Crippen molar-refractivity contribution in [2.75, 3.05) is 11.3 Å². The number of anilines is 1. The molecule has 0 radical (unpaired) electrons. The van der Waals surface area contributed by atoms with Crippen LogP contribution in [-0.4, -0.2) is 26.4 Å². The van der Waals surface area contributed by atoms with E-state index in [9.17, 15) is 13.2 Å². The molecule has 0 saturated carbocycles. The van der Waals surface area contributed by atoms with Crippen molar-refractivity contribution in [2.45, 2.75) is 11.8 Å². The zero-order valence-corrected chi connectivity index (χ0v) is 10.8. The quantitative estimate of drug-likeness (QED) is 0.836. The Morgan fingerprint density at radius 2 is 1.83 bits per heavy atom. The lowest BCUT2D eigenvalue weighted by Gasteiger charge is -2.12. The van der Waals surface area contributed by atoms with Gasteiger partial charge >= 0.3 is 0 Å². The maximum atomic E-state index is 11.8. The zero-order valence-electron chi connectivity index (χ0n) is 9.99. The highest BCUT2D eigenvalue weighted by Gasteiger charge is 2.31. The summed E-state index contributed by atoms with van der Waals surface area (Å²) >= 11 is 0. The summed E-state index contributed by atoms with van der Waals surface area (Å²) in [5.41, 5.74) is 6.09. The van der Waals surface area contributed by atoms with Crippen molar-refractivity contribution in [2.24, 2.45) is 16.8 Å². The molecule has 1 amide bonds. The first-order valence-electron chi connectivity index (χ1n) is 5.29. The third-order valence-electron chi connectivity index (χ3n) is 2.75. The Kier molecular flexibility index (Phi) is 2.86. The highest BCUT2D eigenvalue weighted by Crippen LogP contribution is 2.23. The number of nitrogens with two attached hydrogens (primary N) is 1. The van der Waals surface area contributed by atoms with E-state index in [-0.39, 0.29) is 16.6 Å². The fourth-order valence-electron chi connectivity index (χ4n) is 1.58. The molecule has 0 saturated heterocycles. The Balaban J connectivity index is 2.35. The van der Waals surface area contributed by atoms with E-state index < -0.39 is 15.8 Å². The summed E-state index contributed by atoms with van der Waals surface area (Å²) < 4.78 is 22.6. The molecular weight excluding hydrogens is 254 g/mol. The summed E-state index contributed by atoms with van der Waals surface area (Å²) in [5.74, 6) is -0.411. The molecule has 1 aliphatic heterocycles. The average Bonchev–Trinajstić information content (AvgIpc) is 2.56. The van der Waals surface area contributed by atoms with Crippen LogP contribution in [0.1, 0.15) is 6.92 Å². The fraction of sp³-hybridized carbons (Fsp3) is 0.273. The van der Waals surface area contributed by atoms with Crippen LogP contribution in [0.25, 0.3) is 0 Å². The molecule has 2 N–H and O–H groups in total. The van der Waals surface area contributed by atoms with E-state index in [0.29, 0.717) is 5.69 Å². The zero-order chi connectivity index (χ0) is 13.5. The lowest BCUT2D eigenvalue weighted by Crippen LogP contribution is -2.27. The van der Waals surface area contributed by atoms with Crippen molar-refractivity contribution < 1.29 is 13.2 Å². The third-order valence-corrected chi connectivity index (χ3v) is 3.88. The minimum Gasteiger partial charge on any atom is -0.385 e. The predicted octanol–water partition coefficient (Wildman–Crippen LogP) is 0.345. The van der Waals surface area contributed by atoms with E-state index in [1.54, 1.807) is 6.92 Å². The summed E-state index contributed by atoms with van der Waals surface area (Å²) in [5, 5.41) is 5.13. The minimum atomic E-state index is -3.24. The number of amides is 1. The largest absolute Gasteiger partial charge is 0.385 e.